The summed E-state index contributed by atoms with van der Waals surface area (Å²) in [5.74, 6) is -6.09. The second-order valence-corrected chi connectivity index (χ2v) is 6.31. The van der Waals surface area contributed by atoms with Crippen LogP contribution in [0.25, 0.3) is 0 Å². The first-order valence-electron chi connectivity index (χ1n) is 9.15. The van der Waals surface area contributed by atoms with E-state index in [0.29, 0.717) is 25.1 Å². The zero-order chi connectivity index (χ0) is 21.2. The molecular weight excluding hydrogens is 387 g/mol. The van der Waals surface area contributed by atoms with Gasteiger partial charge >= 0.3 is 0 Å². The van der Waals surface area contributed by atoms with Crippen molar-refractivity contribution >= 4 is 11.7 Å². The number of benzene rings is 1. The van der Waals surface area contributed by atoms with Crippen molar-refractivity contribution in [3.8, 4) is 5.75 Å². The molecule has 0 saturated carbocycles. The van der Waals surface area contributed by atoms with E-state index >= 15 is 0 Å². The number of unbranched alkanes of at least 4 members (excludes halogenated alkanes) is 2. The molecule has 6 nitrogen and oxygen atoms in total. The number of halogens is 3. The molecule has 1 atom stereocenters. The minimum absolute atomic E-state index is 0.121. The van der Waals surface area contributed by atoms with Crippen LogP contribution in [0.3, 0.4) is 0 Å². The van der Waals surface area contributed by atoms with Gasteiger partial charge in [0.15, 0.2) is 23.2 Å². The fraction of sp³-hybridized carbons (Fsp3) is 0.350. The van der Waals surface area contributed by atoms with E-state index in [9.17, 15) is 22.8 Å². The van der Waals surface area contributed by atoms with Crippen LogP contribution < -0.4 is 15.8 Å². The number of ether oxygens (including phenoxy) is 1. The van der Waals surface area contributed by atoms with Crippen LogP contribution in [0, 0.1) is 17.5 Å². The Bertz CT molecular complexity index is 834. The van der Waals surface area contributed by atoms with Crippen LogP contribution >= 0.6 is 0 Å². The van der Waals surface area contributed by atoms with Gasteiger partial charge in [0.25, 0.3) is 5.91 Å². The van der Waals surface area contributed by atoms with Crippen molar-refractivity contribution in [3.05, 3.63) is 59.7 Å². The third kappa shape index (κ3) is 6.56. The minimum atomic E-state index is -1.52. The molecule has 0 radical (unpaired) electrons. The summed E-state index contributed by atoms with van der Waals surface area (Å²) in [6, 6.07) is 5.11. The summed E-state index contributed by atoms with van der Waals surface area (Å²) in [5, 5.41) is 2.56. The van der Waals surface area contributed by atoms with Crippen LogP contribution in [0.5, 0.6) is 5.75 Å². The highest BCUT2D eigenvalue weighted by Gasteiger charge is 2.24. The Labute approximate surface area is 166 Å². The van der Waals surface area contributed by atoms with Gasteiger partial charge < -0.3 is 15.8 Å². The van der Waals surface area contributed by atoms with Crippen LogP contribution in [-0.2, 0) is 4.79 Å². The average molecular weight is 409 g/mol. The molecule has 0 aliphatic carbocycles. The number of nitrogens with zero attached hydrogens (tertiary/aromatic N) is 1. The van der Waals surface area contributed by atoms with Crippen molar-refractivity contribution in [3.63, 3.8) is 0 Å². The van der Waals surface area contributed by atoms with E-state index in [-0.39, 0.29) is 12.1 Å². The highest BCUT2D eigenvalue weighted by atomic mass is 19.2. The fourth-order valence-electron chi connectivity index (χ4n) is 2.60. The van der Waals surface area contributed by atoms with E-state index in [1.807, 2.05) is 0 Å². The van der Waals surface area contributed by atoms with Crippen molar-refractivity contribution in [1.29, 1.82) is 0 Å². The molecule has 2 aromatic rings. The van der Waals surface area contributed by atoms with E-state index in [4.69, 9.17) is 10.5 Å². The molecule has 1 amide bonds. The molecule has 0 fully saturated rings. The molecule has 0 spiro atoms. The summed E-state index contributed by atoms with van der Waals surface area (Å²) in [6.07, 6.45) is 3.82. The van der Waals surface area contributed by atoms with Crippen molar-refractivity contribution in [2.24, 2.45) is 5.73 Å². The van der Waals surface area contributed by atoms with E-state index < -0.39 is 47.5 Å². The predicted octanol–water partition coefficient (Wildman–Crippen LogP) is 2.76. The third-order valence-electron chi connectivity index (χ3n) is 4.15. The van der Waals surface area contributed by atoms with Gasteiger partial charge in [-0.2, -0.15) is 4.39 Å². The smallest absolute Gasteiger partial charge is 0.270 e. The SMILES string of the molecule is NCCCCC[C@H](NC(=O)c1ccccn1)C(=O)COc1c(F)ccc(F)c1F. The topological polar surface area (TPSA) is 94.3 Å². The average Bonchev–Trinajstić information content (AvgIpc) is 2.73. The molecule has 1 heterocycles. The Morgan fingerprint density at radius 1 is 1.07 bits per heavy atom. The number of pyridine rings is 1. The maximum Gasteiger partial charge on any atom is 0.270 e. The van der Waals surface area contributed by atoms with Crippen molar-refractivity contribution < 1.29 is 27.5 Å². The first-order chi connectivity index (χ1) is 13.9. The van der Waals surface area contributed by atoms with Gasteiger partial charge in [0.2, 0.25) is 5.82 Å². The quantitative estimate of drug-likeness (QED) is 0.440. The van der Waals surface area contributed by atoms with Gasteiger partial charge in [0.05, 0.1) is 6.04 Å². The Morgan fingerprint density at radius 2 is 1.83 bits per heavy atom. The van der Waals surface area contributed by atoms with E-state index in [1.165, 1.54) is 12.3 Å². The Morgan fingerprint density at radius 3 is 2.52 bits per heavy atom. The van der Waals surface area contributed by atoms with Crippen molar-refractivity contribution in [1.82, 2.24) is 10.3 Å². The first-order valence-corrected chi connectivity index (χ1v) is 9.15. The number of rotatable bonds is 11. The molecular formula is C20H22F3N3O3. The van der Waals surface area contributed by atoms with Gasteiger partial charge in [-0.1, -0.05) is 18.9 Å². The highest BCUT2D eigenvalue weighted by molar-refractivity contribution is 5.96. The highest BCUT2D eigenvalue weighted by Crippen LogP contribution is 2.23. The van der Waals surface area contributed by atoms with Gasteiger partial charge in [-0.05, 0) is 43.7 Å². The van der Waals surface area contributed by atoms with Crippen LogP contribution in [-0.4, -0.2) is 35.9 Å². The van der Waals surface area contributed by atoms with Crippen LogP contribution in [0.1, 0.15) is 36.2 Å². The molecule has 3 N–H and O–H groups in total. The molecule has 0 aliphatic heterocycles. The van der Waals surface area contributed by atoms with E-state index in [0.717, 1.165) is 12.8 Å². The molecule has 0 bridgehead atoms. The lowest BCUT2D eigenvalue weighted by Gasteiger charge is -2.18. The van der Waals surface area contributed by atoms with Crippen LogP contribution in [0.15, 0.2) is 36.5 Å². The van der Waals surface area contributed by atoms with Gasteiger partial charge in [0, 0.05) is 6.20 Å². The zero-order valence-electron chi connectivity index (χ0n) is 15.7. The summed E-state index contributed by atoms with van der Waals surface area (Å²) in [6.45, 7) is -0.235. The second kappa shape index (κ2) is 11.2. The summed E-state index contributed by atoms with van der Waals surface area (Å²) in [4.78, 5) is 28.8. The van der Waals surface area contributed by atoms with Gasteiger partial charge in [-0.15, -0.1) is 0 Å². The molecule has 0 saturated heterocycles. The normalized spacial score (nSPS) is 11.7. The number of aromatic nitrogens is 1. The van der Waals surface area contributed by atoms with E-state index in [2.05, 4.69) is 10.3 Å². The molecule has 29 heavy (non-hydrogen) atoms. The molecule has 1 aromatic heterocycles. The monoisotopic (exact) mass is 409 g/mol. The van der Waals surface area contributed by atoms with E-state index in [1.54, 1.807) is 12.1 Å². The van der Waals surface area contributed by atoms with Gasteiger partial charge in [-0.25, -0.2) is 8.78 Å². The largest absolute Gasteiger partial charge is 0.480 e. The predicted molar refractivity (Wildman–Crippen MR) is 99.8 cm³/mol. The number of nitrogens with one attached hydrogen (secondary N) is 1. The number of carbonyl (C=O) groups is 2. The van der Waals surface area contributed by atoms with Crippen LogP contribution in [0.4, 0.5) is 13.2 Å². The number of nitrogens with two attached hydrogens (primary N) is 1. The summed E-state index contributed by atoms with van der Waals surface area (Å²) < 4.78 is 45.5. The number of ketones is 1. The lowest BCUT2D eigenvalue weighted by Crippen LogP contribution is -2.43. The summed E-state index contributed by atoms with van der Waals surface area (Å²) in [7, 11) is 0. The number of carbonyl (C=O) groups excluding carboxylic acids is 2. The number of Topliss-reactive ketones (excluding diaryl/α,β-unsaturated/α-hetero) is 1. The molecule has 1 aromatic carbocycles. The molecule has 0 unspecified atom stereocenters. The Hall–Kier alpha value is -2.94. The molecule has 2 rings (SSSR count). The van der Waals surface area contributed by atoms with Gasteiger partial charge in [0.1, 0.15) is 12.3 Å². The van der Waals surface area contributed by atoms with Crippen molar-refractivity contribution in [2.75, 3.05) is 13.2 Å². The van der Waals surface area contributed by atoms with Gasteiger partial charge in [-0.3, -0.25) is 14.6 Å². The Kier molecular flexibility index (Phi) is 8.60. The molecule has 9 heteroatoms. The second-order valence-electron chi connectivity index (χ2n) is 6.31. The molecule has 0 aliphatic rings. The molecule has 156 valence electrons. The lowest BCUT2D eigenvalue weighted by molar-refractivity contribution is -0.123. The summed E-state index contributed by atoms with van der Waals surface area (Å²) >= 11 is 0. The zero-order valence-corrected chi connectivity index (χ0v) is 15.7. The first kappa shape index (κ1) is 22.4. The Balaban J connectivity index is 2.05. The number of hydrogen-bond donors (Lipinski definition) is 2. The van der Waals surface area contributed by atoms with Crippen LogP contribution in [0.2, 0.25) is 0 Å². The summed E-state index contributed by atoms with van der Waals surface area (Å²) in [5.41, 5.74) is 5.57. The number of amides is 1. The lowest BCUT2D eigenvalue weighted by atomic mass is 10.0. The van der Waals surface area contributed by atoms with Crippen molar-refractivity contribution in [2.45, 2.75) is 31.7 Å². The standard InChI is InChI=1S/C20H22F3N3O3/c21-13-8-9-14(22)19(18(13)23)29-12-17(27)15(6-2-1-4-10-24)26-20(28)16-7-3-5-11-25-16/h3,5,7-9,11,15H,1-2,4,6,10,12,24H2,(H,26,28)/t15-/m0/s1. The maximum absolute atomic E-state index is 13.7. The fourth-order valence-corrected chi connectivity index (χ4v) is 2.60. The third-order valence-corrected chi connectivity index (χ3v) is 4.15. The minimum Gasteiger partial charge on any atom is -0.480 e. The number of hydrogen-bond acceptors (Lipinski definition) is 5. The maximum atomic E-state index is 13.7.